The Labute approximate surface area is 131 Å². The van der Waals surface area contributed by atoms with Gasteiger partial charge in [0.2, 0.25) is 0 Å². The molecule has 0 aliphatic carbocycles. The molecule has 0 amide bonds. The van der Waals surface area contributed by atoms with Crippen LogP contribution in [-0.2, 0) is 0 Å². The predicted octanol–water partition coefficient (Wildman–Crippen LogP) is 4.74. The van der Waals surface area contributed by atoms with Gasteiger partial charge in [0.05, 0.1) is 0 Å². The largest absolute Gasteiger partial charge is 0.346 e. The molecule has 0 bridgehead atoms. The number of pyridine rings is 2. The summed E-state index contributed by atoms with van der Waals surface area (Å²) in [6.07, 6.45) is 1.84. The lowest BCUT2D eigenvalue weighted by Gasteiger charge is -1.87. The van der Waals surface area contributed by atoms with Crippen molar-refractivity contribution in [1.82, 2.24) is 19.9 Å². The van der Waals surface area contributed by atoms with E-state index in [4.69, 9.17) is 23.2 Å². The number of H-pyrrole nitrogens is 2. The quantitative estimate of drug-likeness (QED) is 0.460. The summed E-state index contributed by atoms with van der Waals surface area (Å²) in [5.41, 5.74) is 2.80. The van der Waals surface area contributed by atoms with E-state index in [9.17, 15) is 0 Å². The Morgan fingerprint density at radius 3 is 2.29 bits per heavy atom. The van der Waals surface area contributed by atoms with Crippen molar-refractivity contribution < 1.29 is 0 Å². The summed E-state index contributed by atoms with van der Waals surface area (Å²) in [7, 11) is 0. The van der Waals surface area contributed by atoms with Crippen molar-refractivity contribution in [1.29, 1.82) is 0 Å². The van der Waals surface area contributed by atoms with Crippen molar-refractivity contribution in [2.24, 2.45) is 0 Å². The van der Waals surface area contributed by atoms with E-state index < -0.39 is 0 Å². The van der Waals surface area contributed by atoms with Gasteiger partial charge in [0.15, 0.2) is 0 Å². The van der Waals surface area contributed by atoms with E-state index >= 15 is 0 Å². The molecule has 4 aromatic rings. The number of aromatic amines is 2. The normalized spacial score (nSPS) is 10.6. The van der Waals surface area contributed by atoms with Gasteiger partial charge in [-0.1, -0.05) is 23.2 Å². The van der Waals surface area contributed by atoms with Crippen LogP contribution in [-0.4, -0.2) is 19.9 Å². The summed E-state index contributed by atoms with van der Waals surface area (Å²) in [5.74, 6) is 0. The van der Waals surface area contributed by atoms with E-state index in [1.165, 1.54) is 0 Å². The molecule has 0 saturated heterocycles. The first-order valence-electron chi connectivity index (χ1n) is 6.33. The van der Waals surface area contributed by atoms with Crippen LogP contribution in [0, 0.1) is 6.92 Å². The molecular formula is C15H12Cl2N4. The minimum atomic E-state index is 0.523. The van der Waals surface area contributed by atoms with Crippen LogP contribution in [0.5, 0.6) is 0 Å². The molecule has 21 heavy (non-hydrogen) atoms. The van der Waals surface area contributed by atoms with Crippen LogP contribution in [0.25, 0.3) is 22.1 Å². The van der Waals surface area contributed by atoms with Crippen molar-refractivity contribution >= 4 is 45.3 Å². The van der Waals surface area contributed by atoms with Crippen LogP contribution < -0.4 is 0 Å². The number of hydrogen-bond donors (Lipinski definition) is 2. The molecule has 0 spiro atoms. The topological polar surface area (TPSA) is 57.4 Å². The molecule has 6 heteroatoms. The third kappa shape index (κ3) is 3.17. The molecule has 4 heterocycles. The lowest BCUT2D eigenvalue weighted by molar-refractivity contribution is 1.25. The number of rotatable bonds is 0. The molecule has 0 aliphatic heterocycles. The molecule has 0 radical (unpaired) electrons. The second kappa shape index (κ2) is 5.76. The van der Waals surface area contributed by atoms with Crippen molar-refractivity contribution in [2.45, 2.75) is 6.92 Å². The molecule has 2 N–H and O–H groups in total. The summed E-state index contributed by atoms with van der Waals surface area (Å²) in [6, 6.07) is 11.4. The second-order valence-electron chi connectivity index (χ2n) is 4.57. The van der Waals surface area contributed by atoms with Crippen LogP contribution in [0.15, 0.2) is 42.6 Å². The molecule has 0 atom stereocenters. The van der Waals surface area contributed by atoms with Crippen LogP contribution in [0.1, 0.15) is 5.69 Å². The van der Waals surface area contributed by atoms with Gasteiger partial charge >= 0.3 is 0 Å². The highest BCUT2D eigenvalue weighted by molar-refractivity contribution is 6.30. The highest BCUT2D eigenvalue weighted by Gasteiger charge is 1.97. The molecule has 4 aromatic heterocycles. The maximum Gasteiger partial charge on any atom is 0.139 e. The van der Waals surface area contributed by atoms with E-state index in [0.29, 0.717) is 10.3 Å². The van der Waals surface area contributed by atoms with Crippen LogP contribution in [0.4, 0.5) is 0 Å². The fourth-order valence-corrected chi connectivity index (χ4v) is 2.32. The Hall–Kier alpha value is -2.04. The molecule has 0 unspecified atom stereocenters. The van der Waals surface area contributed by atoms with Crippen molar-refractivity contribution in [3.8, 4) is 0 Å². The van der Waals surface area contributed by atoms with Crippen LogP contribution in [0.3, 0.4) is 0 Å². The molecule has 0 aliphatic rings. The van der Waals surface area contributed by atoms with E-state index in [-0.39, 0.29) is 0 Å². The van der Waals surface area contributed by atoms with Crippen LogP contribution >= 0.6 is 23.2 Å². The summed E-state index contributed by atoms with van der Waals surface area (Å²) in [6.45, 7) is 2.00. The molecule has 106 valence electrons. The van der Waals surface area contributed by atoms with Gasteiger partial charge in [-0.2, -0.15) is 0 Å². The highest BCUT2D eigenvalue weighted by atomic mass is 35.5. The van der Waals surface area contributed by atoms with Crippen molar-refractivity contribution in [3.05, 3.63) is 58.6 Å². The van der Waals surface area contributed by atoms with Crippen LogP contribution in [0.2, 0.25) is 10.3 Å². The van der Waals surface area contributed by atoms with Crippen molar-refractivity contribution in [3.63, 3.8) is 0 Å². The zero-order valence-corrected chi connectivity index (χ0v) is 12.7. The lowest BCUT2D eigenvalue weighted by atomic mass is 10.3. The Morgan fingerprint density at radius 1 is 0.857 bits per heavy atom. The van der Waals surface area contributed by atoms with E-state index in [2.05, 4.69) is 19.9 Å². The number of nitrogens with one attached hydrogen (secondary N) is 2. The maximum absolute atomic E-state index is 5.70. The van der Waals surface area contributed by atoms with Gasteiger partial charge in [-0.3, -0.25) is 0 Å². The molecule has 0 aromatic carbocycles. The maximum atomic E-state index is 5.70. The van der Waals surface area contributed by atoms with E-state index in [1.807, 2.05) is 37.4 Å². The zero-order chi connectivity index (χ0) is 14.8. The Kier molecular flexibility index (Phi) is 3.82. The second-order valence-corrected chi connectivity index (χ2v) is 5.35. The average Bonchev–Trinajstić information content (AvgIpc) is 3.03. The number of hydrogen-bond acceptors (Lipinski definition) is 2. The first-order valence-corrected chi connectivity index (χ1v) is 7.09. The fourth-order valence-electron chi connectivity index (χ4n) is 2.03. The Balaban J connectivity index is 0.000000126. The van der Waals surface area contributed by atoms with Gasteiger partial charge < -0.3 is 9.97 Å². The number of nitrogens with zero attached hydrogens (tertiary/aromatic N) is 2. The summed E-state index contributed by atoms with van der Waals surface area (Å²) >= 11 is 11.3. The number of halogens is 2. The van der Waals surface area contributed by atoms with Gasteiger partial charge in [0.25, 0.3) is 0 Å². The van der Waals surface area contributed by atoms with Gasteiger partial charge in [0, 0.05) is 22.7 Å². The average molecular weight is 319 g/mol. The molecule has 4 rings (SSSR count). The third-order valence-electron chi connectivity index (χ3n) is 2.96. The fraction of sp³-hybridized carbons (Fsp3) is 0.0667. The summed E-state index contributed by atoms with van der Waals surface area (Å²) in [4.78, 5) is 14.2. The lowest BCUT2D eigenvalue weighted by Crippen LogP contribution is -1.75. The Morgan fingerprint density at radius 2 is 1.52 bits per heavy atom. The number of aryl methyl sites for hydroxylation is 1. The smallest absolute Gasteiger partial charge is 0.139 e. The summed E-state index contributed by atoms with van der Waals surface area (Å²) in [5, 5.41) is 3.24. The van der Waals surface area contributed by atoms with E-state index in [1.54, 1.807) is 12.1 Å². The monoisotopic (exact) mass is 318 g/mol. The first kappa shape index (κ1) is 13.9. The minimum absolute atomic E-state index is 0.523. The van der Waals surface area contributed by atoms with Gasteiger partial charge in [-0.05, 0) is 43.3 Å². The van der Waals surface area contributed by atoms with Gasteiger partial charge in [-0.15, -0.1) is 0 Å². The van der Waals surface area contributed by atoms with Crippen molar-refractivity contribution in [2.75, 3.05) is 0 Å². The number of aromatic nitrogens is 4. The zero-order valence-electron chi connectivity index (χ0n) is 11.2. The van der Waals surface area contributed by atoms with E-state index in [0.717, 1.165) is 27.8 Å². The standard InChI is InChI=1S/C8H7ClN2.C7H5ClN2/c1-5-4-6-2-3-7(9)11-8(6)10-5;8-6-2-1-5-3-4-9-7(5)10-6/h2-4H,1H3,(H,10,11);1-4H,(H,9,10). The predicted molar refractivity (Wildman–Crippen MR) is 86.9 cm³/mol. The molecule has 4 nitrogen and oxygen atoms in total. The number of fused-ring (bicyclic) bond motifs is 2. The molecule has 0 saturated carbocycles. The first-order chi connectivity index (χ1) is 10.1. The molecular weight excluding hydrogens is 307 g/mol. The SMILES string of the molecule is Cc1cc2ccc(Cl)nc2[nH]1.Clc1ccc2cc[nH]c2n1. The third-order valence-corrected chi connectivity index (χ3v) is 3.38. The van der Waals surface area contributed by atoms with Gasteiger partial charge in [-0.25, -0.2) is 9.97 Å². The van der Waals surface area contributed by atoms with Gasteiger partial charge in [0.1, 0.15) is 21.6 Å². The molecule has 0 fully saturated rings. The Bertz CT molecular complexity index is 895. The highest BCUT2D eigenvalue weighted by Crippen LogP contribution is 2.15. The minimum Gasteiger partial charge on any atom is -0.346 e. The summed E-state index contributed by atoms with van der Waals surface area (Å²) < 4.78 is 0.